The Hall–Kier alpha value is -1.95. The first kappa shape index (κ1) is 18.4. The van der Waals surface area contributed by atoms with Crippen molar-refractivity contribution in [2.75, 3.05) is 7.11 Å². The van der Waals surface area contributed by atoms with Crippen molar-refractivity contribution >= 4 is 0 Å². The summed E-state index contributed by atoms with van der Waals surface area (Å²) < 4.78 is 7.00. The van der Waals surface area contributed by atoms with Gasteiger partial charge in [0.05, 0.1) is 25.5 Å². The van der Waals surface area contributed by atoms with Crippen molar-refractivity contribution in [3.05, 3.63) is 24.0 Å². The normalized spacial score (nSPS) is 13.7. The lowest BCUT2D eigenvalue weighted by Gasteiger charge is -2.21. The smallest absolute Gasteiger partial charge is 0.212 e. The van der Waals surface area contributed by atoms with Gasteiger partial charge in [0.15, 0.2) is 0 Å². The summed E-state index contributed by atoms with van der Waals surface area (Å²) in [5, 5.41) is 18.6. The Kier molecular flexibility index (Phi) is 6.73. The topological polar surface area (TPSA) is 73.1 Å². The molecule has 6 heteroatoms. The Morgan fingerprint density at radius 3 is 2.62 bits per heavy atom. The Labute approximate surface area is 143 Å². The minimum atomic E-state index is -0.0882. The molecule has 0 radical (unpaired) electrons. The SMILES string of the molecule is CCCC(CC(C)CC)n1nnc(-c2ccc(OC)nc2)c1CO. The predicted molar refractivity (Wildman–Crippen MR) is 93.7 cm³/mol. The van der Waals surface area contributed by atoms with Gasteiger partial charge in [-0.1, -0.05) is 38.8 Å². The maximum atomic E-state index is 9.91. The van der Waals surface area contributed by atoms with Gasteiger partial charge in [0.2, 0.25) is 5.88 Å². The number of aliphatic hydroxyl groups is 1. The zero-order valence-electron chi connectivity index (χ0n) is 15.1. The Bertz CT molecular complexity index is 624. The molecule has 0 aliphatic rings. The number of hydrogen-bond acceptors (Lipinski definition) is 5. The van der Waals surface area contributed by atoms with Gasteiger partial charge in [0.1, 0.15) is 5.69 Å². The number of hydrogen-bond donors (Lipinski definition) is 1. The second-order valence-corrected chi connectivity index (χ2v) is 6.27. The zero-order chi connectivity index (χ0) is 17.5. The van der Waals surface area contributed by atoms with Gasteiger partial charge in [0, 0.05) is 17.8 Å². The molecule has 1 N–H and O–H groups in total. The maximum absolute atomic E-state index is 9.91. The number of nitrogens with zero attached hydrogens (tertiary/aromatic N) is 4. The van der Waals surface area contributed by atoms with E-state index < -0.39 is 0 Å². The third-order valence-corrected chi connectivity index (χ3v) is 4.50. The fourth-order valence-corrected chi connectivity index (χ4v) is 2.92. The second kappa shape index (κ2) is 8.78. The van der Waals surface area contributed by atoms with E-state index in [-0.39, 0.29) is 12.6 Å². The molecule has 0 amide bonds. The lowest BCUT2D eigenvalue weighted by Crippen LogP contribution is -2.17. The van der Waals surface area contributed by atoms with Gasteiger partial charge < -0.3 is 9.84 Å². The summed E-state index contributed by atoms with van der Waals surface area (Å²) in [6.45, 7) is 6.55. The zero-order valence-corrected chi connectivity index (χ0v) is 15.1. The average Bonchev–Trinajstić information content (AvgIpc) is 3.05. The number of rotatable bonds is 9. The van der Waals surface area contributed by atoms with E-state index in [0.29, 0.717) is 17.5 Å². The Balaban J connectivity index is 2.35. The quantitative estimate of drug-likeness (QED) is 0.759. The predicted octanol–water partition coefficient (Wildman–Crippen LogP) is 3.62. The first-order valence-corrected chi connectivity index (χ1v) is 8.69. The molecular weight excluding hydrogens is 304 g/mol. The molecule has 2 aromatic rings. The van der Waals surface area contributed by atoms with Crippen LogP contribution in [-0.4, -0.2) is 32.2 Å². The molecule has 0 bridgehead atoms. The highest BCUT2D eigenvalue weighted by Gasteiger charge is 2.21. The molecule has 0 aromatic carbocycles. The summed E-state index contributed by atoms with van der Waals surface area (Å²) >= 11 is 0. The lowest BCUT2D eigenvalue weighted by atomic mass is 9.96. The van der Waals surface area contributed by atoms with E-state index in [4.69, 9.17) is 4.74 Å². The summed E-state index contributed by atoms with van der Waals surface area (Å²) in [4.78, 5) is 4.22. The summed E-state index contributed by atoms with van der Waals surface area (Å²) in [6, 6.07) is 3.95. The van der Waals surface area contributed by atoms with Crippen LogP contribution in [0.25, 0.3) is 11.3 Å². The monoisotopic (exact) mass is 332 g/mol. The molecule has 0 saturated carbocycles. The standard InChI is InChI=1S/C18H28N4O2/c1-5-7-15(10-13(3)6-2)22-16(12-23)18(20-21-22)14-8-9-17(24-4)19-11-14/h8-9,11,13,15,23H,5-7,10,12H2,1-4H3. The fourth-order valence-electron chi connectivity index (χ4n) is 2.92. The minimum Gasteiger partial charge on any atom is -0.481 e. The number of aromatic nitrogens is 4. The number of methoxy groups -OCH3 is 1. The van der Waals surface area contributed by atoms with Crippen molar-refractivity contribution in [2.24, 2.45) is 5.92 Å². The highest BCUT2D eigenvalue weighted by molar-refractivity contribution is 5.60. The number of ether oxygens (including phenoxy) is 1. The van der Waals surface area contributed by atoms with Crippen molar-refractivity contribution in [3.63, 3.8) is 0 Å². The maximum Gasteiger partial charge on any atom is 0.212 e. The Morgan fingerprint density at radius 2 is 2.08 bits per heavy atom. The van der Waals surface area contributed by atoms with Crippen LogP contribution >= 0.6 is 0 Å². The van der Waals surface area contributed by atoms with Crippen molar-refractivity contribution < 1.29 is 9.84 Å². The van der Waals surface area contributed by atoms with E-state index in [1.54, 1.807) is 19.4 Å². The second-order valence-electron chi connectivity index (χ2n) is 6.27. The van der Waals surface area contributed by atoms with E-state index in [1.165, 1.54) is 0 Å². The van der Waals surface area contributed by atoms with Gasteiger partial charge in [-0.05, 0) is 24.8 Å². The number of aliphatic hydroxyl groups excluding tert-OH is 1. The van der Waals surface area contributed by atoms with Gasteiger partial charge in [-0.2, -0.15) is 0 Å². The van der Waals surface area contributed by atoms with Gasteiger partial charge in [-0.15, -0.1) is 5.10 Å². The molecule has 6 nitrogen and oxygen atoms in total. The van der Waals surface area contributed by atoms with Gasteiger partial charge in [-0.25, -0.2) is 9.67 Å². The van der Waals surface area contributed by atoms with Crippen LogP contribution in [0, 0.1) is 5.92 Å². The molecule has 2 rings (SSSR count). The van der Waals surface area contributed by atoms with Crippen LogP contribution in [0.4, 0.5) is 0 Å². The molecular formula is C18H28N4O2. The molecule has 0 saturated heterocycles. The molecule has 0 aliphatic carbocycles. The van der Waals surface area contributed by atoms with Crippen LogP contribution in [0.1, 0.15) is 58.2 Å². The van der Waals surface area contributed by atoms with Gasteiger partial charge in [-0.3, -0.25) is 0 Å². The van der Waals surface area contributed by atoms with Crippen molar-refractivity contribution in [3.8, 4) is 17.1 Å². The molecule has 2 aromatic heterocycles. The third kappa shape index (κ3) is 4.12. The van der Waals surface area contributed by atoms with E-state index in [1.807, 2.05) is 10.7 Å². The highest BCUT2D eigenvalue weighted by atomic mass is 16.5. The van der Waals surface area contributed by atoms with Crippen LogP contribution in [0.2, 0.25) is 0 Å². The average molecular weight is 332 g/mol. The highest BCUT2D eigenvalue weighted by Crippen LogP contribution is 2.29. The van der Waals surface area contributed by atoms with E-state index >= 15 is 0 Å². The van der Waals surface area contributed by atoms with E-state index in [9.17, 15) is 5.11 Å². The van der Waals surface area contributed by atoms with Crippen LogP contribution < -0.4 is 4.74 Å². The molecule has 2 heterocycles. The van der Waals surface area contributed by atoms with Crippen LogP contribution in [0.3, 0.4) is 0 Å². The minimum absolute atomic E-state index is 0.0882. The summed E-state index contributed by atoms with van der Waals surface area (Å²) in [5.41, 5.74) is 2.28. The van der Waals surface area contributed by atoms with Crippen molar-refractivity contribution in [2.45, 2.75) is 59.1 Å². The molecule has 0 aliphatic heterocycles. The molecule has 0 fully saturated rings. The Morgan fingerprint density at radius 1 is 1.29 bits per heavy atom. The largest absolute Gasteiger partial charge is 0.481 e. The van der Waals surface area contributed by atoms with Crippen molar-refractivity contribution in [1.29, 1.82) is 0 Å². The number of pyridine rings is 1. The lowest BCUT2D eigenvalue weighted by molar-refractivity contribution is 0.249. The first-order valence-electron chi connectivity index (χ1n) is 8.69. The summed E-state index contributed by atoms with van der Waals surface area (Å²) in [7, 11) is 1.59. The van der Waals surface area contributed by atoms with Gasteiger partial charge >= 0.3 is 0 Å². The summed E-state index contributed by atoms with van der Waals surface area (Å²) in [5.74, 6) is 1.17. The van der Waals surface area contributed by atoms with Crippen LogP contribution in [0.5, 0.6) is 5.88 Å². The van der Waals surface area contributed by atoms with E-state index in [2.05, 4.69) is 36.1 Å². The molecule has 2 atom stereocenters. The summed E-state index contributed by atoms with van der Waals surface area (Å²) in [6.07, 6.45) is 5.99. The van der Waals surface area contributed by atoms with Crippen LogP contribution in [-0.2, 0) is 6.61 Å². The molecule has 24 heavy (non-hydrogen) atoms. The fraction of sp³-hybridized carbons (Fsp3) is 0.611. The van der Waals surface area contributed by atoms with Crippen molar-refractivity contribution in [1.82, 2.24) is 20.0 Å². The third-order valence-electron chi connectivity index (χ3n) is 4.50. The van der Waals surface area contributed by atoms with E-state index in [0.717, 1.165) is 36.9 Å². The van der Waals surface area contributed by atoms with Gasteiger partial charge in [0.25, 0.3) is 0 Å². The molecule has 0 spiro atoms. The molecule has 2 unspecified atom stereocenters. The molecule has 132 valence electrons. The van der Waals surface area contributed by atoms with Crippen LogP contribution in [0.15, 0.2) is 18.3 Å². The first-order chi connectivity index (χ1) is 11.6.